The van der Waals surface area contributed by atoms with E-state index in [4.69, 9.17) is 5.73 Å². The predicted octanol–water partition coefficient (Wildman–Crippen LogP) is 4.36. The Bertz CT molecular complexity index is 516. The van der Waals surface area contributed by atoms with Crippen molar-refractivity contribution < 1.29 is 13.2 Å². The first-order valence-corrected chi connectivity index (χ1v) is 8.92. The molecule has 0 aromatic heterocycles. The van der Waals surface area contributed by atoms with E-state index in [0.717, 1.165) is 24.6 Å². The van der Waals surface area contributed by atoms with Crippen LogP contribution in [0.4, 0.5) is 18.9 Å². The van der Waals surface area contributed by atoms with Gasteiger partial charge in [-0.15, -0.1) is 0 Å². The second kappa shape index (κ2) is 7.45. The molecule has 0 spiro atoms. The number of benzene rings is 1. The van der Waals surface area contributed by atoms with Crippen molar-refractivity contribution in [1.29, 1.82) is 0 Å². The first-order chi connectivity index (χ1) is 10.3. The summed E-state index contributed by atoms with van der Waals surface area (Å²) in [6, 6.07) is 3.08. The van der Waals surface area contributed by atoms with E-state index in [1.807, 2.05) is 0 Å². The average Bonchev–Trinajstić information content (AvgIpc) is 2.42. The number of aryl methyl sites for hydroxylation is 1. The molecule has 0 aliphatic heterocycles. The van der Waals surface area contributed by atoms with Gasteiger partial charge in [0.15, 0.2) is 0 Å². The third-order valence-corrected chi connectivity index (χ3v) is 4.85. The van der Waals surface area contributed by atoms with Gasteiger partial charge in [-0.05, 0) is 42.9 Å². The van der Waals surface area contributed by atoms with E-state index < -0.39 is 11.7 Å². The average molecular weight is 397 g/mol. The summed E-state index contributed by atoms with van der Waals surface area (Å²) in [4.78, 5) is 0. The first-order valence-electron chi connectivity index (χ1n) is 7.28. The highest BCUT2D eigenvalue weighted by molar-refractivity contribution is 9.09. The summed E-state index contributed by atoms with van der Waals surface area (Å²) in [7, 11) is 0. The van der Waals surface area contributed by atoms with Crippen LogP contribution in [0.5, 0.6) is 0 Å². The molecule has 3 N–H and O–H groups in total. The maximum absolute atomic E-state index is 13.4. The lowest BCUT2D eigenvalue weighted by Gasteiger charge is -2.35. The van der Waals surface area contributed by atoms with Crippen molar-refractivity contribution >= 4 is 34.2 Å². The molecule has 0 saturated heterocycles. The molecule has 0 amide bonds. The van der Waals surface area contributed by atoms with Gasteiger partial charge in [0.1, 0.15) is 0 Å². The van der Waals surface area contributed by atoms with Crippen LogP contribution < -0.4 is 11.1 Å². The molecule has 1 saturated carbocycles. The zero-order valence-corrected chi connectivity index (χ0v) is 14.6. The molecule has 1 aromatic rings. The van der Waals surface area contributed by atoms with E-state index in [0.29, 0.717) is 17.5 Å². The highest BCUT2D eigenvalue weighted by atomic mass is 79.9. The number of rotatable bonds is 6. The highest BCUT2D eigenvalue weighted by Gasteiger charge is 2.36. The van der Waals surface area contributed by atoms with Crippen molar-refractivity contribution in [2.75, 3.05) is 10.6 Å². The Morgan fingerprint density at radius 3 is 2.50 bits per heavy atom. The van der Waals surface area contributed by atoms with Crippen molar-refractivity contribution in [3.8, 4) is 0 Å². The number of hydrogen-bond acceptors (Lipinski definition) is 3. The Morgan fingerprint density at radius 2 is 2.00 bits per heavy atom. The van der Waals surface area contributed by atoms with Crippen LogP contribution in [0.25, 0.3) is 0 Å². The summed E-state index contributed by atoms with van der Waals surface area (Å²) in [5, 5.41) is 4.06. The van der Waals surface area contributed by atoms with Crippen LogP contribution in [0.15, 0.2) is 12.1 Å². The molecule has 1 aliphatic rings. The summed E-state index contributed by atoms with van der Waals surface area (Å²) in [5.74, 6) is 0. The maximum Gasteiger partial charge on any atom is 0.418 e. The second-order valence-electron chi connectivity index (χ2n) is 5.64. The summed E-state index contributed by atoms with van der Waals surface area (Å²) in [5.41, 5.74) is 6.43. The molecule has 1 aliphatic carbocycles. The Morgan fingerprint density at radius 1 is 1.32 bits per heavy atom. The monoisotopic (exact) mass is 396 g/mol. The van der Waals surface area contributed by atoms with E-state index in [1.165, 1.54) is 6.07 Å². The molecule has 22 heavy (non-hydrogen) atoms. The lowest BCUT2D eigenvalue weighted by molar-refractivity contribution is -0.137. The molecule has 1 fully saturated rings. The number of alkyl halides is 4. The third-order valence-electron chi connectivity index (χ3n) is 3.87. The number of nitrogens with one attached hydrogen (secondary N) is 1. The van der Waals surface area contributed by atoms with Crippen molar-refractivity contribution in [3.63, 3.8) is 0 Å². The molecule has 0 radical (unpaired) electrons. The van der Waals surface area contributed by atoms with Crippen molar-refractivity contribution in [2.45, 2.75) is 49.7 Å². The molecule has 0 heterocycles. The first kappa shape index (κ1) is 17.9. The minimum atomic E-state index is -4.39. The largest absolute Gasteiger partial charge is 0.418 e. The van der Waals surface area contributed by atoms with Gasteiger partial charge >= 0.3 is 6.18 Å². The van der Waals surface area contributed by atoms with Gasteiger partial charge in [0, 0.05) is 23.2 Å². The summed E-state index contributed by atoms with van der Waals surface area (Å²) < 4.78 is 40.2. The van der Waals surface area contributed by atoms with E-state index in [-0.39, 0.29) is 23.5 Å². The van der Waals surface area contributed by atoms with Gasteiger partial charge in [-0.3, -0.25) is 0 Å². The zero-order valence-electron chi connectivity index (χ0n) is 12.1. The summed E-state index contributed by atoms with van der Waals surface area (Å²) >= 11 is 7.61. The third kappa shape index (κ3) is 4.32. The van der Waals surface area contributed by atoms with Crippen LogP contribution in [0.3, 0.4) is 0 Å². The molecule has 124 valence electrons. The topological polar surface area (TPSA) is 38.0 Å². The van der Waals surface area contributed by atoms with Gasteiger partial charge in [0.2, 0.25) is 0 Å². The van der Waals surface area contributed by atoms with Gasteiger partial charge in [-0.1, -0.05) is 22.0 Å². The SMILES string of the molecule is NCc1cc(CCCBr)cc(C(F)(F)F)c1NC1CC(S)C1. The molecular weight excluding hydrogens is 377 g/mol. The van der Waals surface area contributed by atoms with E-state index in [1.54, 1.807) is 6.07 Å². The summed E-state index contributed by atoms with van der Waals surface area (Å²) in [6.45, 7) is 0.0879. The van der Waals surface area contributed by atoms with Crippen LogP contribution >= 0.6 is 28.6 Å². The smallest absolute Gasteiger partial charge is 0.381 e. The fourth-order valence-corrected chi connectivity index (χ4v) is 3.44. The van der Waals surface area contributed by atoms with Crippen molar-refractivity contribution in [3.05, 3.63) is 28.8 Å². The van der Waals surface area contributed by atoms with Crippen LogP contribution in [0.2, 0.25) is 0 Å². The van der Waals surface area contributed by atoms with Crippen LogP contribution in [0.1, 0.15) is 36.0 Å². The maximum atomic E-state index is 13.4. The number of thiol groups is 1. The molecule has 0 atom stereocenters. The molecule has 0 bridgehead atoms. The van der Waals surface area contributed by atoms with Gasteiger partial charge in [0.05, 0.1) is 11.3 Å². The molecule has 7 heteroatoms. The van der Waals surface area contributed by atoms with Gasteiger partial charge < -0.3 is 11.1 Å². The quantitative estimate of drug-likeness (QED) is 0.493. The van der Waals surface area contributed by atoms with Gasteiger partial charge in [-0.25, -0.2) is 0 Å². The molecule has 2 nitrogen and oxygen atoms in total. The normalized spacial score (nSPS) is 21.5. The van der Waals surface area contributed by atoms with E-state index in [2.05, 4.69) is 33.9 Å². The van der Waals surface area contributed by atoms with E-state index in [9.17, 15) is 13.2 Å². The van der Waals surface area contributed by atoms with E-state index >= 15 is 0 Å². The predicted molar refractivity (Wildman–Crippen MR) is 90.9 cm³/mol. The minimum absolute atomic E-state index is 0.0438. The molecule has 1 aromatic carbocycles. The fraction of sp³-hybridized carbons (Fsp3) is 0.600. The fourth-order valence-electron chi connectivity index (χ4n) is 2.65. The standard InChI is InChI=1S/C15H20BrF3N2S/c16-3-1-2-9-4-10(8-20)14(13(5-9)15(17,18)19)21-11-6-12(22)7-11/h4-5,11-12,21-22H,1-3,6-8,20H2. The van der Waals surface area contributed by atoms with Crippen LogP contribution in [0, 0.1) is 0 Å². The highest BCUT2D eigenvalue weighted by Crippen LogP contribution is 2.40. The molecular formula is C15H20BrF3N2S. The second-order valence-corrected chi connectivity index (χ2v) is 7.16. The van der Waals surface area contributed by atoms with Gasteiger partial charge in [0.25, 0.3) is 0 Å². The Hall–Kier alpha value is -0.400. The van der Waals surface area contributed by atoms with Gasteiger partial charge in [-0.2, -0.15) is 25.8 Å². The Balaban J connectivity index is 2.35. The number of anilines is 1. The van der Waals surface area contributed by atoms with Crippen LogP contribution in [-0.4, -0.2) is 16.6 Å². The summed E-state index contributed by atoms with van der Waals surface area (Å²) in [6.07, 6.45) is -1.45. The van der Waals surface area contributed by atoms with Crippen molar-refractivity contribution in [1.82, 2.24) is 0 Å². The number of nitrogens with two attached hydrogens (primary N) is 1. The van der Waals surface area contributed by atoms with Crippen LogP contribution in [-0.2, 0) is 19.1 Å². The Kier molecular flexibility index (Phi) is 6.07. The van der Waals surface area contributed by atoms with Crippen molar-refractivity contribution in [2.24, 2.45) is 5.73 Å². The Labute approximate surface area is 142 Å². The zero-order chi connectivity index (χ0) is 16.3. The number of halogens is 4. The number of hydrogen-bond donors (Lipinski definition) is 3. The lowest BCUT2D eigenvalue weighted by Crippen LogP contribution is -2.37. The lowest BCUT2D eigenvalue weighted by atomic mass is 9.90. The minimum Gasteiger partial charge on any atom is -0.381 e. The molecule has 0 unspecified atom stereocenters. The molecule has 2 rings (SSSR count).